The Hall–Kier alpha value is -0.650. The van der Waals surface area contributed by atoms with E-state index in [0.717, 1.165) is 38.5 Å². The summed E-state index contributed by atoms with van der Waals surface area (Å²) in [6.07, 6.45) is 5.85. The van der Waals surface area contributed by atoms with Crippen LogP contribution in [0.3, 0.4) is 0 Å². The van der Waals surface area contributed by atoms with E-state index in [-0.39, 0.29) is 24.0 Å². The molecule has 0 radical (unpaired) electrons. The first-order valence-electron chi connectivity index (χ1n) is 7.36. The predicted octanol–water partition coefficient (Wildman–Crippen LogP) is 0.851. The lowest BCUT2D eigenvalue weighted by Crippen LogP contribution is -2.46. The lowest BCUT2D eigenvalue weighted by atomic mass is 9.97. The van der Waals surface area contributed by atoms with Crippen LogP contribution in [0.25, 0.3) is 0 Å². The highest BCUT2D eigenvalue weighted by Gasteiger charge is 2.35. The van der Waals surface area contributed by atoms with Crippen molar-refractivity contribution in [2.75, 3.05) is 33.0 Å². The largest absolute Gasteiger partial charge is 0.394 e. The van der Waals surface area contributed by atoms with E-state index in [4.69, 9.17) is 14.6 Å². The Labute approximate surface area is 114 Å². The molecule has 1 saturated carbocycles. The second-order valence-electron chi connectivity index (χ2n) is 5.57. The van der Waals surface area contributed by atoms with Gasteiger partial charge >= 0.3 is 0 Å². The molecule has 1 aliphatic carbocycles. The number of amides is 1. The van der Waals surface area contributed by atoms with Crippen LogP contribution < -0.4 is 5.32 Å². The van der Waals surface area contributed by atoms with Crippen molar-refractivity contribution in [3.05, 3.63) is 0 Å². The Kier molecular flexibility index (Phi) is 5.60. The zero-order chi connectivity index (χ0) is 13.6. The second-order valence-corrected chi connectivity index (χ2v) is 5.57. The number of aliphatic hydroxyl groups excluding tert-OH is 1. The maximum absolute atomic E-state index is 12.1. The number of hydrogen-bond donors (Lipinski definition) is 2. The Morgan fingerprint density at radius 2 is 2.00 bits per heavy atom. The summed E-state index contributed by atoms with van der Waals surface area (Å²) in [6, 6.07) is 0. The third-order valence-corrected chi connectivity index (χ3v) is 4.19. The van der Waals surface area contributed by atoms with Crippen LogP contribution in [0.1, 0.15) is 38.5 Å². The molecule has 19 heavy (non-hydrogen) atoms. The number of carbonyl (C=O) groups excluding carboxylic acids is 1. The molecule has 110 valence electrons. The highest BCUT2D eigenvalue weighted by atomic mass is 16.5. The number of aliphatic hydroxyl groups is 1. The minimum Gasteiger partial charge on any atom is -0.394 e. The van der Waals surface area contributed by atoms with Crippen LogP contribution in [0.2, 0.25) is 0 Å². The van der Waals surface area contributed by atoms with Crippen molar-refractivity contribution in [1.82, 2.24) is 5.32 Å². The normalized spacial score (nSPS) is 23.4. The van der Waals surface area contributed by atoms with Gasteiger partial charge in [0.15, 0.2) is 0 Å². The van der Waals surface area contributed by atoms with Crippen LogP contribution in [0.15, 0.2) is 0 Å². The highest BCUT2D eigenvalue weighted by molar-refractivity contribution is 5.78. The first-order chi connectivity index (χ1) is 9.26. The number of hydrogen-bond acceptors (Lipinski definition) is 4. The van der Waals surface area contributed by atoms with Gasteiger partial charge in [-0.15, -0.1) is 0 Å². The topological polar surface area (TPSA) is 67.8 Å². The highest BCUT2D eigenvalue weighted by Crippen LogP contribution is 2.32. The van der Waals surface area contributed by atoms with Gasteiger partial charge in [0.25, 0.3) is 0 Å². The fraction of sp³-hybridized carbons (Fsp3) is 0.929. The van der Waals surface area contributed by atoms with Crippen molar-refractivity contribution in [2.24, 2.45) is 5.92 Å². The van der Waals surface area contributed by atoms with E-state index < -0.39 is 0 Å². The summed E-state index contributed by atoms with van der Waals surface area (Å²) in [5.74, 6) is 0.215. The van der Waals surface area contributed by atoms with E-state index in [1.54, 1.807) is 0 Å². The summed E-state index contributed by atoms with van der Waals surface area (Å²) in [5.41, 5.74) is -0.246. The van der Waals surface area contributed by atoms with Crippen molar-refractivity contribution in [2.45, 2.75) is 44.1 Å². The standard InChI is InChI=1S/C14H25NO4/c16-7-10-19-14(5-1-2-6-14)11-15-13(17)12-3-8-18-9-4-12/h12,16H,1-11H2,(H,15,17). The van der Waals surface area contributed by atoms with Crippen LogP contribution in [-0.2, 0) is 14.3 Å². The van der Waals surface area contributed by atoms with E-state index in [0.29, 0.717) is 26.4 Å². The molecular formula is C14H25NO4. The van der Waals surface area contributed by atoms with E-state index in [1.807, 2.05) is 0 Å². The quantitative estimate of drug-likeness (QED) is 0.751. The van der Waals surface area contributed by atoms with Crippen molar-refractivity contribution >= 4 is 5.91 Å². The molecule has 0 aromatic rings. The molecule has 1 saturated heterocycles. The van der Waals surface area contributed by atoms with Crippen LogP contribution in [-0.4, -0.2) is 49.6 Å². The van der Waals surface area contributed by atoms with Gasteiger partial charge in [0.1, 0.15) is 0 Å². The molecule has 1 amide bonds. The van der Waals surface area contributed by atoms with Crippen LogP contribution >= 0.6 is 0 Å². The summed E-state index contributed by atoms with van der Waals surface area (Å²) in [7, 11) is 0. The Bertz CT molecular complexity index is 283. The zero-order valence-electron chi connectivity index (χ0n) is 11.5. The molecule has 5 heteroatoms. The maximum atomic E-state index is 12.1. The van der Waals surface area contributed by atoms with E-state index in [1.165, 1.54) is 0 Å². The number of carbonyl (C=O) groups is 1. The first-order valence-corrected chi connectivity index (χ1v) is 7.36. The predicted molar refractivity (Wildman–Crippen MR) is 70.8 cm³/mol. The third-order valence-electron chi connectivity index (χ3n) is 4.19. The fourth-order valence-electron chi connectivity index (χ4n) is 3.01. The Balaban J connectivity index is 1.79. The second kappa shape index (κ2) is 7.22. The SMILES string of the molecule is O=C(NCC1(OCCO)CCCC1)C1CCOCC1. The summed E-state index contributed by atoms with van der Waals surface area (Å²) in [6.45, 7) is 2.33. The summed E-state index contributed by atoms with van der Waals surface area (Å²) in [5, 5.41) is 11.9. The molecule has 1 aliphatic heterocycles. The molecule has 0 spiro atoms. The lowest BCUT2D eigenvalue weighted by molar-refractivity contribution is -0.130. The number of rotatable bonds is 6. The number of nitrogens with one attached hydrogen (secondary N) is 1. The smallest absolute Gasteiger partial charge is 0.223 e. The Morgan fingerprint density at radius 1 is 1.32 bits per heavy atom. The fourth-order valence-corrected chi connectivity index (χ4v) is 3.01. The van der Waals surface area contributed by atoms with Gasteiger partial charge < -0.3 is 19.9 Å². The third kappa shape index (κ3) is 4.16. The van der Waals surface area contributed by atoms with Crippen LogP contribution in [0, 0.1) is 5.92 Å². The summed E-state index contributed by atoms with van der Waals surface area (Å²) in [4.78, 5) is 12.1. The van der Waals surface area contributed by atoms with Crippen molar-refractivity contribution in [3.8, 4) is 0 Å². The van der Waals surface area contributed by atoms with E-state index in [9.17, 15) is 4.79 Å². The van der Waals surface area contributed by atoms with E-state index >= 15 is 0 Å². The molecule has 2 N–H and O–H groups in total. The molecule has 0 bridgehead atoms. The van der Waals surface area contributed by atoms with Gasteiger partial charge in [-0.3, -0.25) is 4.79 Å². The van der Waals surface area contributed by atoms with Crippen molar-refractivity contribution in [1.29, 1.82) is 0 Å². The molecule has 1 heterocycles. The molecule has 2 aliphatic rings. The average molecular weight is 271 g/mol. The zero-order valence-corrected chi connectivity index (χ0v) is 11.5. The molecule has 0 aromatic carbocycles. The molecule has 0 aromatic heterocycles. The minimum absolute atomic E-state index is 0.0374. The summed E-state index contributed by atoms with van der Waals surface area (Å²) < 4.78 is 11.1. The van der Waals surface area contributed by atoms with Gasteiger partial charge in [0.05, 0.1) is 18.8 Å². The molecular weight excluding hydrogens is 246 g/mol. The maximum Gasteiger partial charge on any atom is 0.223 e. The molecule has 2 rings (SSSR count). The van der Waals surface area contributed by atoms with Gasteiger partial charge in [-0.05, 0) is 25.7 Å². The minimum atomic E-state index is -0.246. The van der Waals surface area contributed by atoms with Crippen LogP contribution in [0.4, 0.5) is 0 Å². The molecule has 2 fully saturated rings. The van der Waals surface area contributed by atoms with Gasteiger partial charge in [0.2, 0.25) is 5.91 Å². The summed E-state index contributed by atoms with van der Waals surface area (Å²) >= 11 is 0. The molecule has 5 nitrogen and oxygen atoms in total. The van der Waals surface area contributed by atoms with Gasteiger partial charge in [0, 0.05) is 25.7 Å². The monoisotopic (exact) mass is 271 g/mol. The Morgan fingerprint density at radius 3 is 2.63 bits per heavy atom. The van der Waals surface area contributed by atoms with E-state index in [2.05, 4.69) is 5.32 Å². The van der Waals surface area contributed by atoms with Gasteiger partial charge in [-0.2, -0.15) is 0 Å². The van der Waals surface area contributed by atoms with Gasteiger partial charge in [-0.1, -0.05) is 12.8 Å². The first kappa shape index (κ1) is 14.8. The van der Waals surface area contributed by atoms with Crippen LogP contribution in [0.5, 0.6) is 0 Å². The molecule has 0 unspecified atom stereocenters. The molecule has 0 atom stereocenters. The van der Waals surface area contributed by atoms with Crippen molar-refractivity contribution in [3.63, 3.8) is 0 Å². The van der Waals surface area contributed by atoms with Crippen molar-refractivity contribution < 1.29 is 19.4 Å². The average Bonchev–Trinajstić information content (AvgIpc) is 2.93. The number of ether oxygens (including phenoxy) is 2. The van der Waals surface area contributed by atoms with Gasteiger partial charge in [-0.25, -0.2) is 0 Å². The lowest BCUT2D eigenvalue weighted by Gasteiger charge is -2.30.